The van der Waals surface area contributed by atoms with Crippen LogP contribution in [-0.4, -0.2) is 48.8 Å². The highest BCUT2D eigenvalue weighted by Gasteiger charge is 2.31. The van der Waals surface area contributed by atoms with Crippen LogP contribution < -0.4 is 5.32 Å². The van der Waals surface area contributed by atoms with Crippen molar-refractivity contribution in [1.82, 2.24) is 10.2 Å². The highest BCUT2D eigenvalue weighted by Crippen LogP contribution is 2.19. The Morgan fingerprint density at radius 1 is 1.11 bits per heavy atom. The first-order valence-corrected chi connectivity index (χ1v) is 8.25. The second-order valence-corrected chi connectivity index (χ2v) is 6.04. The lowest BCUT2D eigenvalue weighted by Crippen LogP contribution is -2.56. The van der Waals surface area contributed by atoms with Crippen LogP contribution in [0, 0.1) is 0 Å². The number of morpholine rings is 1. The van der Waals surface area contributed by atoms with E-state index >= 15 is 0 Å². The first kappa shape index (κ1) is 16.9. The quantitative estimate of drug-likeness (QED) is 0.734. The number of nitrogens with one attached hydrogen (secondary N) is 1. The van der Waals surface area contributed by atoms with Gasteiger partial charge in [-0.15, -0.1) is 0 Å². The minimum Gasteiger partial charge on any atom is -0.373 e. The lowest BCUT2D eigenvalue weighted by Gasteiger charge is -2.43. The molecule has 0 aliphatic carbocycles. The van der Waals surface area contributed by atoms with E-state index in [1.54, 1.807) is 0 Å². The van der Waals surface area contributed by atoms with Gasteiger partial charge in [-0.05, 0) is 39.7 Å². The van der Waals surface area contributed by atoms with Gasteiger partial charge in [-0.2, -0.15) is 0 Å². The Hall–Kier alpha value is -0.120. The number of ether oxygens (including phenoxy) is 1. The Kier molecular flexibility index (Phi) is 7.96. The average molecular weight is 270 g/mol. The molecule has 0 bridgehead atoms. The summed E-state index contributed by atoms with van der Waals surface area (Å²) in [5, 5.41) is 3.77. The molecule has 0 aromatic carbocycles. The molecule has 19 heavy (non-hydrogen) atoms. The molecular weight excluding hydrogens is 236 g/mol. The van der Waals surface area contributed by atoms with Crippen LogP contribution in [-0.2, 0) is 4.74 Å². The van der Waals surface area contributed by atoms with E-state index in [0.29, 0.717) is 24.3 Å². The van der Waals surface area contributed by atoms with Gasteiger partial charge in [0.1, 0.15) is 0 Å². The molecule has 1 N–H and O–H groups in total. The molecule has 1 rings (SSSR count). The predicted octanol–water partition coefficient (Wildman–Crippen LogP) is 3.04. The molecule has 0 amide bonds. The SMILES string of the molecule is CCCNC(CCC)C(CC)N1CC(C)OC(C)C1. The molecule has 4 atom stereocenters. The van der Waals surface area contributed by atoms with Crippen LogP contribution in [0.15, 0.2) is 0 Å². The number of nitrogens with zero attached hydrogens (tertiary/aromatic N) is 1. The zero-order chi connectivity index (χ0) is 14.3. The van der Waals surface area contributed by atoms with Gasteiger partial charge in [0.15, 0.2) is 0 Å². The fourth-order valence-electron chi connectivity index (χ4n) is 3.36. The second kappa shape index (κ2) is 8.93. The van der Waals surface area contributed by atoms with E-state index in [1.165, 1.54) is 25.7 Å². The topological polar surface area (TPSA) is 24.5 Å². The normalized spacial score (nSPS) is 28.3. The molecule has 3 nitrogen and oxygen atoms in total. The minimum absolute atomic E-state index is 0.367. The molecule has 1 aliphatic rings. The van der Waals surface area contributed by atoms with Crippen LogP contribution >= 0.6 is 0 Å². The lowest BCUT2D eigenvalue weighted by atomic mass is 9.97. The summed E-state index contributed by atoms with van der Waals surface area (Å²) < 4.78 is 5.87. The fourth-order valence-corrected chi connectivity index (χ4v) is 3.36. The first-order chi connectivity index (χ1) is 9.12. The van der Waals surface area contributed by atoms with Crippen LogP contribution in [0.25, 0.3) is 0 Å². The number of hydrogen-bond acceptors (Lipinski definition) is 3. The van der Waals surface area contributed by atoms with Crippen molar-refractivity contribution >= 4 is 0 Å². The fraction of sp³-hybridized carbons (Fsp3) is 1.00. The Morgan fingerprint density at radius 2 is 1.74 bits per heavy atom. The summed E-state index contributed by atoms with van der Waals surface area (Å²) in [6.45, 7) is 14.6. The van der Waals surface area contributed by atoms with E-state index in [4.69, 9.17) is 4.74 Å². The minimum atomic E-state index is 0.367. The molecule has 0 radical (unpaired) electrons. The lowest BCUT2D eigenvalue weighted by molar-refractivity contribution is -0.0850. The molecule has 3 heteroatoms. The van der Waals surface area contributed by atoms with Crippen molar-refractivity contribution in [3.05, 3.63) is 0 Å². The Labute approximate surface area is 120 Å². The molecule has 0 aromatic heterocycles. The van der Waals surface area contributed by atoms with Gasteiger partial charge in [-0.25, -0.2) is 0 Å². The van der Waals surface area contributed by atoms with E-state index in [0.717, 1.165) is 19.6 Å². The van der Waals surface area contributed by atoms with E-state index in [1.807, 2.05) is 0 Å². The van der Waals surface area contributed by atoms with Crippen LogP contribution in [0.1, 0.15) is 60.3 Å². The third kappa shape index (κ3) is 5.41. The van der Waals surface area contributed by atoms with Crippen molar-refractivity contribution in [2.24, 2.45) is 0 Å². The van der Waals surface area contributed by atoms with Crippen molar-refractivity contribution in [1.29, 1.82) is 0 Å². The van der Waals surface area contributed by atoms with Crippen LogP contribution in [0.5, 0.6) is 0 Å². The summed E-state index contributed by atoms with van der Waals surface area (Å²) >= 11 is 0. The molecule has 1 fully saturated rings. The van der Waals surface area contributed by atoms with E-state index in [-0.39, 0.29) is 0 Å². The third-order valence-corrected chi connectivity index (χ3v) is 4.06. The maximum Gasteiger partial charge on any atom is 0.0678 e. The molecule has 0 aromatic rings. The summed E-state index contributed by atoms with van der Waals surface area (Å²) in [5.41, 5.74) is 0. The van der Waals surface area contributed by atoms with Crippen molar-refractivity contribution in [2.75, 3.05) is 19.6 Å². The zero-order valence-electron chi connectivity index (χ0n) is 13.6. The average Bonchev–Trinajstić information content (AvgIpc) is 2.35. The summed E-state index contributed by atoms with van der Waals surface area (Å²) in [6.07, 6.45) is 5.71. The number of rotatable bonds is 8. The number of hydrogen-bond donors (Lipinski definition) is 1. The van der Waals surface area contributed by atoms with Crippen molar-refractivity contribution in [3.63, 3.8) is 0 Å². The second-order valence-electron chi connectivity index (χ2n) is 6.04. The van der Waals surface area contributed by atoms with E-state index in [2.05, 4.69) is 44.8 Å². The molecule has 1 aliphatic heterocycles. The predicted molar refractivity (Wildman–Crippen MR) is 82.7 cm³/mol. The van der Waals surface area contributed by atoms with E-state index < -0.39 is 0 Å². The smallest absolute Gasteiger partial charge is 0.0678 e. The molecule has 114 valence electrons. The van der Waals surface area contributed by atoms with Crippen molar-refractivity contribution < 1.29 is 4.74 Å². The van der Waals surface area contributed by atoms with Gasteiger partial charge in [-0.1, -0.05) is 27.2 Å². The van der Waals surface area contributed by atoms with E-state index in [9.17, 15) is 0 Å². The van der Waals surface area contributed by atoms with Gasteiger partial charge < -0.3 is 10.1 Å². The molecular formula is C16H34N2O. The van der Waals surface area contributed by atoms with Crippen molar-refractivity contribution in [3.8, 4) is 0 Å². The highest BCUT2D eigenvalue weighted by atomic mass is 16.5. The Morgan fingerprint density at radius 3 is 2.21 bits per heavy atom. The first-order valence-electron chi connectivity index (χ1n) is 8.25. The standard InChI is InChI=1S/C16H34N2O/c1-6-9-15(17-10-7-2)16(8-3)18-11-13(4)19-14(5)12-18/h13-17H,6-12H2,1-5H3. The molecule has 1 saturated heterocycles. The van der Waals surface area contributed by atoms with Gasteiger partial charge in [0, 0.05) is 25.2 Å². The molecule has 0 spiro atoms. The Balaban J connectivity index is 2.65. The maximum atomic E-state index is 5.87. The van der Waals surface area contributed by atoms with Gasteiger partial charge in [-0.3, -0.25) is 4.90 Å². The summed E-state index contributed by atoms with van der Waals surface area (Å²) in [6, 6.07) is 1.28. The van der Waals surface area contributed by atoms with Gasteiger partial charge in [0.2, 0.25) is 0 Å². The summed E-state index contributed by atoms with van der Waals surface area (Å²) in [5.74, 6) is 0. The van der Waals surface area contributed by atoms with Crippen LogP contribution in [0.4, 0.5) is 0 Å². The molecule has 0 saturated carbocycles. The van der Waals surface area contributed by atoms with Gasteiger partial charge >= 0.3 is 0 Å². The molecule has 4 unspecified atom stereocenters. The molecule has 1 heterocycles. The van der Waals surface area contributed by atoms with Crippen LogP contribution in [0.2, 0.25) is 0 Å². The summed E-state index contributed by atoms with van der Waals surface area (Å²) in [7, 11) is 0. The van der Waals surface area contributed by atoms with Crippen molar-refractivity contribution in [2.45, 2.75) is 84.6 Å². The zero-order valence-corrected chi connectivity index (χ0v) is 13.6. The highest BCUT2D eigenvalue weighted by molar-refractivity contribution is 4.87. The van der Waals surface area contributed by atoms with Gasteiger partial charge in [0.05, 0.1) is 12.2 Å². The third-order valence-electron chi connectivity index (χ3n) is 4.06. The largest absolute Gasteiger partial charge is 0.373 e. The maximum absolute atomic E-state index is 5.87. The Bertz CT molecular complexity index is 225. The monoisotopic (exact) mass is 270 g/mol. The van der Waals surface area contributed by atoms with Crippen LogP contribution in [0.3, 0.4) is 0 Å². The van der Waals surface area contributed by atoms with Gasteiger partial charge in [0.25, 0.3) is 0 Å². The summed E-state index contributed by atoms with van der Waals surface area (Å²) in [4.78, 5) is 2.65.